The molecule has 0 radical (unpaired) electrons. The zero-order valence-electron chi connectivity index (χ0n) is 14.6. The Morgan fingerprint density at radius 2 is 1.80 bits per heavy atom. The van der Waals surface area contributed by atoms with E-state index in [0.717, 1.165) is 37.3 Å². The summed E-state index contributed by atoms with van der Waals surface area (Å²) in [5.74, 6) is 0.872. The maximum atomic E-state index is 13.1. The van der Waals surface area contributed by atoms with Crippen LogP contribution in [0.5, 0.6) is 0 Å². The predicted molar refractivity (Wildman–Crippen MR) is 99.2 cm³/mol. The van der Waals surface area contributed by atoms with Crippen molar-refractivity contribution in [1.82, 2.24) is 14.7 Å². The van der Waals surface area contributed by atoms with Gasteiger partial charge in [-0.3, -0.25) is 4.79 Å². The average Bonchev–Trinajstić information content (AvgIpc) is 3.31. The average molecular weight is 358 g/mol. The van der Waals surface area contributed by atoms with Gasteiger partial charge in [-0.1, -0.05) is 24.6 Å². The summed E-state index contributed by atoms with van der Waals surface area (Å²) in [6.07, 6.45) is 8.79. The maximum absolute atomic E-state index is 13.1. The predicted octanol–water partition coefficient (Wildman–Crippen LogP) is 4.71. The Labute approximate surface area is 153 Å². The first kappa shape index (κ1) is 16.6. The lowest BCUT2D eigenvalue weighted by Gasteiger charge is -2.36. The second-order valence-corrected chi connectivity index (χ2v) is 7.92. The van der Waals surface area contributed by atoms with Crippen LogP contribution in [0, 0.1) is 5.92 Å². The zero-order valence-corrected chi connectivity index (χ0v) is 15.3. The smallest absolute Gasteiger partial charge is 0.274 e. The summed E-state index contributed by atoms with van der Waals surface area (Å²) in [7, 11) is 0. The number of rotatable bonds is 4. The fourth-order valence-corrected chi connectivity index (χ4v) is 4.02. The molecule has 25 heavy (non-hydrogen) atoms. The molecule has 0 unspecified atom stereocenters. The van der Waals surface area contributed by atoms with E-state index >= 15 is 0 Å². The van der Waals surface area contributed by atoms with Crippen molar-refractivity contribution in [2.24, 2.45) is 5.92 Å². The third kappa shape index (κ3) is 3.59. The SMILES string of the molecule is CC1CCC(N(C(=O)c2ccn(-c3cccc(Cl)c3)n2)C2CC2)CC1. The Morgan fingerprint density at radius 1 is 1.12 bits per heavy atom. The molecule has 4 rings (SSSR count). The molecule has 2 saturated carbocycles. The molecule has 0 atom stereocenters. The third-order valence-corrected chi connectivity index (χ3v) is 5.67. The first-order valence-corrected chi connectivity index (χ1v) is 9.64. The van der Waals surface area contributed by atoms with Crippen molar-refractivity contribution in [3.8, 4) is 5.69 Å². The number of halogens is 1. The highest BCUT2D eigenvalue weighted by Gasteiger charge is 2.39. The van der Waals surface area contributed by atoms with Crippen molar-refractivity contribution in [3.05, 3.63) is 47.2 Å². The van der Waals surface area contributed by atoms with E-state index < -0.39 is 0 Å². The molecule has 0 N–H and O–H groups in total. The number of nitrogens with zero attached hydrogens (tertiary/aromatic N) is 3. The fourth-order valence-electron chi connectivity index (χ4n) is 3.84. The van der Waals surface area contributed by atoms with Crippen LogP contribution in [0.1, 0.15) is 55.9 Å². The van der Waals surface area contributed by atoms with Gasteiger partial charge in [0.05, 0.1) is 5.69 Å². The monoisotopic (exact) mass is 357 g/mol. The van der Waals surface area contributed by atoms with Crippen molar-refractivity contribution >= 4 is 17.5 Å². The van der Waals surface area contributed by atoms with Gasteiger partial charge in [0.1, 0.15) is 0 Å². The Balaban J connectivity index is 1.55. The molecule has 0 bridgehead atoms. The van der Waals surface area contributed by atoms with Crippen LogP contribution >= 0.6 is 11.6 Å². The molecule has 5 heteroatoms. The van der Waals surface area contributed by atoms with E-state index in [-0.39, 0.29) is 5.91 Å². The second-order valence-electron chi connectivity index (χ2n) is 7.48. The molecular weight excluding hydrogens is 334 g/mol. The lowest BCUT2D eigenvalue weighted by molar-refractivity contribution is 0.0586. The van der Waals surface area contributed by atoms with Gasteiger partial charge in [0.15, 0.2) is 5.69 Å². The van der Waals surface area contributed by atoms with Crippen LogP contribution in [-0.4, -0.2) is 32.7 Å². The van der Waals surface area contributed by atoms with Crippen LogP contribution in [0.3, 0.4) is 0 Å². The summed E-state index contributed by atoms with van der Waals surface area (Å²) in [6.45, 7) is 2.31. The lowest BCUT2D eigenvalue weighted by atomic mass is 9.86. The van der Waals surface area contributed by atoms with Crippen molar-refractivity contribution in [2.75, 3.05) is 0 Å². The van der Waals surface area contributed by atoms with Crippen molar-refractivity contribution in [1.29, 1.82) is 0 Å². The van der Waals surface area contributed by atoms with Gasteiger partial charge >= 0.3 is 0 Å². The van der Waals surface area contributed by atoms with Gasteiger partial charge < -0.3 is 4.90 Å². The van der Waals surface area contributed by atoms with Gasteiger partial charge in [-0.25, -0.2) is 4.68 Å². The van der Waals surface area contributed by atoms with E-state index in [1.54, 1.807) is 4.68 Å². The quantitative estimate of drug-likeness (QED) is 0.794. The van der Waals surface area contributed by atoms with Crippen LogP contribution in [0.15, 0.2) is 36.5 Å². The second kappa shape index (κ2) is 6.83. The summed E-state index contributed by atoms with van der Waals surface area (Å²) >= 11 is 6.06. The van der Waals surface area contributed by atoms with E-state index in [0.29, 0.717) is 22.8 Å². The van der Waals surface area contributed by atoms with Gasteiger partial charge in [0, 0.05) is 23.3 Å². The van der Waals surface area contributed by atoms with E-state index in [4.69, 9.17) is 11.6 Å². The first-order valence-electron chi connectivity index (χ1n) is 9.26. The van der Waals surface area contributed by atoms with E-state index in [9.17, 15) is 4.79 Å². The summed E-state index contributed by atoms with van der Waals surface area (Å²) in [6, 6.07) is 10.1. The highest BCUT2D eigenvalue weighted by atomic mass is 35.5. The topological polar surface area (TPSA) is 38.1 Å². The minimum atomic E-state index is 0.0860. The largest absolute Gasteiger partial charge is 0.331 e. The molecule has 2 aliphatic carbocycles. The normalized spacial score (nSPS) is 23.4. The Morgan fingerprint density at radius 3 is 2.44 bits per heavy atom. The molecule has 0 saturated heterocycles. The number of carbonyl (C=O) groups excluding carboxylic acids is 1. The molecule has 2 aliphatic rings. The van der Waals surface area contributed by atoms with E-state index in [1.807, 2.05) is 36.5 Å². The number of benzene rings is 1. The first-order chi connectivity index (χ1) is 12.1. The summed E-state index contributed by atoms with van der Waals surface area (Å²) in [4.78, 5) is 15.3. The van der Waals surface area contributed by atoms with Gasteiger partial charge in [-0.2, -0.15) is 5.10 Å². The number of hydrogen-bond donors (Lipinski definition) is 0. The van der Waals surface area contributed by atoms with Gasteiger partial charge in [0.25, 0.3) is 5.91 Å². The lowest BCUT2D eigenvalue weighted by Crippen LogP contribution is -2.44. The summed E-state index contributed by atoms with van der Waals surface area (Å²) in [5, 5.41) is 5.19. The Bertz CT molecular complexity index is 760. The number of hydrogen-bond acceptors (Lipinski definition) is 2. The summed E-state index contributed by atoms with van der Waals surface area (Å²) < 4.78 is 1.73. The van der Waals surface area contributed by atoms with Crippen LogP contribution < -0.4 is 0 Å². The van der Waals surface area contributed by atoms with Crippen LogP contribution in [-0.2, 0) is 0 Å². The molecule has 1 amide bonds. The molecule has 2 aromatic rings. The van der Waals surface area contributed by atoms with Gasteiger partial charge in [-0.05, 0) is 68.7 Å². The van der Waals surface area contributed by atoms with Crippen LogP contribution in [0.25, 0.3) is 5.69 Å². The molecule has 2 fully saturated rings. The molecule has 0 spiro atoms. The summed E-state index contributed by atoms with van der Waals surface area (Å²) in [5.41, 5.74) is 1.40. The minimum Gasteiger partial charge on any atom is -0.331 e. The number of carbonyl (C=O) groups is 1. The Kier molecular flexibility index (Phi) is 4.55. The van der Waals surface area contributed by atoms with Crippen molar-refractivity contribution in [3.63, 3.8) is 0 Å². The molecule has 1 heterocycles. The molecule has 1 aromatic heterocycles. The van der Waals surface area contributed by atoms with Crippen molar-refractivity contribution < 1.29 is 4.79 Å². The van der Waals surface area contributed by atoms with Gasteiger partial charge in [-0.15, -0.1) is 0 Å². The molecule has 132 valence electrons. The highest BCUT2D eigenvalue weighted by Crippen LogP contribution is 2.36. The Hall–Kier alpha value is -1.81. The number of aromatic nitrogens is 2. The maximum Gasteiger partial charge on any atom is 0.274 e. The van der Waals surface area contributed by atoms with Crippen LogP contribution in [0.2, 0.25) is 5.02 Å². The number of amides is 1. The van der Waals surface area contributed by atoms with Crippen molar-refractivity contribution in [2.45, 2.75) is 57.5 Å². The zero-order chi connectivity index (χ0) is 17.4. The van der Waals surface area contributed by atoms with Crippen LogP contribution in [0.4, 0.5) is 0 Å². The van der Waals surface area contributed by atoms with E-state index in [2.05, 4.69) is 16.9 Å². The third-order valence-electron chi connectivity index (χ3n) is 5.43. The molecular formula is C20H24ClN3O. The van der Waals surface area contributed by atoms with Gasteiger partial charge in [0.2, 0.25) is 0 Å². The van der Waals surface area contributed by atoms with E-state index in [1.165, 1.54) is 12.8 Å². The molecule has 0 aliphatic heterocycles. The highest BCUT2D eigenvalue weighted by molar-refractivity contribution is 6.30. The molecule has 4 nitrogen and oxygen atoms in total. The fraction of sp³-hybridized carbons (Fsp3) is 0.500. The minimum absolute atomic E-state index is 0.0860. The molecule has 1 aromatic carbocycles. The standard InChI is InChI=1S/C20H24ClN3O/c1-14-5-7-16(8-6-14)24(17-9-10-17)20(25)19-11-12-23(22-19)18-4-2-3-15(21)13-18/h2-4,11-14,16-17H,5-10H2,1H3.